The summed E-state index contributed by atoms with van der Waals surface area (Å²) < 4.78 is 13.3. The quantitative estimate of drug-likeness (QED) is 0.670. The lowest BCUT2D eigenvalue weighted by Gasteiger charge is -2.23. The van der Waals surface area contributed by atoms with Crippen LogP contribution in [-0.4, -0.2) is 28.7 Å². The summed E-state index contributed by atoms with van der Waals surface area (Å²) in [6.07, 6.45) is 4.74. The Bertz CT molecular complexity index is 969. The number of benzene rings is 2. The van der Waals surface area contributed by atoms with Gasteiger partial charge in [-0.05, 0) is 36.6 Å². The number of nitrogens with one attached hydrogen (secondary N) is 1. The zero-order chi connectivity index (χ0) is 20.1. The van der Waals surface area contributed by atoms with Crippen LogP contribution in [0.1, 0.15) is 29.4 Å². The number of amides is 1. The first-order chi connectivity index (χ1) is 14.2. The summed E-state index contributed by atoms with van der Waals surface area (Å²) in [4.78, 5) is 16.9. The molecule has 1 amide bonds. The molecule has 0 bridgehead atoms. The first-order valence-corrected chi connectivity index (χ1v) is 9.89. The summed E-state index contributed by atoms with van der Waals surface area (Å²) in [7, 11) is 0. The van der Waals surface area contributed by atoms with Gasteiger partial charge in [-0.2, -0.15) is 0 Å². The molecule has 4 rings (SSSR count). The van der Waals surface area contributed by atoms with Gasteiger partial charge in [0.2, 0.25) is 5.91 Å². The summed E-state index contributed by atoms with van der Waals surface area (Å²) in [5.41, 5.74) is 2.17. The highest BCUT2D eigenvalue weighted by Gasteiger charge is 2.19. The molecule has 1 aromatic heterocycles. The Labute approximate surface area is 170 Å². The monoisotopic (exact) mass is 391 g/mol. The summed E-state index contributed by atoms with van der Waals surface area (Å²) in [5, 5.41) is 3.20. The zero-order valence-corrected chi connectivity index (χ0v) is 16.5. The SMILES string of the molecule is Cc1nccn1CCC(=O)N[C@H](Cc1ccccc1)c1ccc2c(c1)OCCO2. The van der Waals surface area contributed by atoms with Crippen molar-refractivity contribution in [2.24, 2.45) is 0 Å². The number of hydrogen-bond acceptors (Lipinski definition) is 4. The van der Waals surface area contributed by atoms with Crippen LogP contribution in [-0.2, 0) is 17.8 Å². The average molecular weight is 391 g/mol. The van der Waals surface area contributed by atoms with Gasteiger partial charge in [-0.15, -0.1) is 0 Å². The van der Waals surface area contributed by atoms with Crippen LogP contribution in [0.25, 0.3) is 0 Å². The first kappa shape index (κ1) is 19.1. The molecule has 0 unspecified atom stereocenters. The number of fused-ring (bicyclic) bond motifs is 1. The lowest BCUT2D eigenvalue weighted by Crippen LogP contribution is -2.30. The molecule has 1 N–H and O–H groups in total. The average Bonchev–Trinajstić information content (AvgIpc) is 3.17. The lowest BCUT2D eigenvalue weighted by molar-refractivity contribution is -0.122. The minimum Gasteiger partial charge on any atom is -0.486 e. The van der Waals surface area contributed by atoms with Crippen LogP contribution < -0.4 is 14.8 Å². The number of ether oxygens (including phenoxy) is 2. The number of rotatable bonds is 7. The standard InChI is InChI=1S/C23H25N3O3/c1-17-24-10-12-26(17)11-9-23(27)25-20(15-18-5-3-2-4-6-18)19-7-8-21-22(16-19)29-14-13-28-21/h2-8,10,12,16,20H,9,11,13-15H2,1H3,(H,25,27)/t20-/m1/s1. The maximum Gasteiger partial charge on any atom is 0.222 e. The predicted molar refractivity (Wildman–Crippen MR) is 110 cm³/mol. The largest absolute Gasteiger partial charge is 0.486 e. The Balaban J connectivity index is 1.50. The van der Waals surface area contributed by atoms with E-state index in [1.807, 2.05) is 54.1 Å². The third-order valence-corrected chi connectivity index (χ3v) is 5.09. The molecule has 0 fully saturated rings. The number of aryl methyl sites for hydroxylation is 2. The number of hydrogen-bond donors (Lipinski definition) is 1. The topological polar surface area (TPSA) is 65.4 Å². The Kier molecular flexibility index (Phi) is 5.79. The Morgan fingerprint density at radius 1 is 1.14 bits per heavy atom. The highest BCUT2D eigenvalue weighted by Crippen LogP contribution is 2.33. The van der Waals surface area contributed by atoms with Gasteiger partial charge in [0, 0.05) is 25.4 Å². The van der Waals surface area contributed by atoms with Gasteiger partial charge in [0.1, 0.15) is 19.0 Å². The highest BCUT2D eigenvalue weighted by atomic mass is 16.6. The fraction of sp³-hybridized carbons (Fsp3) is 0.304. The fourth-order valence-corrected chi connectivity index (χ4v) is 3.51. The van der Waals surface area contributed by atoms with E-state index in [-0.39, 0.29) is 11.9 Å². The van der Waals surface area contributed by atoms with Crippen molar-refractivity contribution in [3.05, 3.63) is 77.9 Å². The second kappa shape index (κ2) is 8.82. The van der Waals surface area contributed by atoms with E-state index < -0.39 is 0 Å². The molecule has 1 aliphatic heterocycles. The lowest BCUT2D eigenvalue weighted by atomic mass is 9.98. The normalized spacial score (nSPS) is 13.7. The minimum atomic E-state index is -0.149. The van der Waals surface area contributed by atoms with Gasteiger partial charge in [-0.3, -0.25) is 4.79 Å². The highest BCUT2D eigenvalue weighted by molar-refractivity contribution is 5.76. The smallest absolute Gasteiger partial charge is 0.222 e. The molecule has 0 spiro atoms. The van der Waals surface area contributed by atoms with E-state index >= 15 is 0 Å². The van der Waals surface area contributed by atoms with Crippen molar-refractivity contribution in [1.82, 2.24) is 14.9 Å². The molecule has 6 nitrogen and oxygen atoms in total. The van der Waals surface area contributed by atoms with Crippen molar-refractivity contribution in [1.29, 1.82) is 0 Å². The van der Waals surface area contributed by atoms with E-state index in [0.29, 0.717) is 32.6 Å². The summed E-state index contributed by atoms with van der Waals surface area (Å²) in [5.74, 6) is 2.40. The maximum atomic E-state index is 12.7. The Hall–Kier alpha value is -3.28. The van der Waals surface area contributed by atoms with Crippen LogP contribution in [0.4, 0.5) is 0 Å². The third-order valence-electron chi connectivity index (χ3n) is 5.09. The van der Waals surface area contributed by atoms with Gasteiger partial charge < -0.3 is 19.4 Å². The molecular weight excluding hydrogens is 366 g/mol. The molecule has 6 heteroatoms. The minimum absolute atomic E-state index is 0.00826. The van der Waals surface area contributed by atoms with E-state index in [2.05, 4.69) is 22.4 Å². The number of carbonyl (C=O) groups is 1. The van der Waals surface area contributed by atoms with Crippen molar-refractivity contribution < 1.29 is 14.3 Å². The number of nitrogens with zero attached hydrogens (tertiary/aromatic N) is 2. The summed E-state index contributed by atoms with van der Waals surface area (Å²) in [6, 6.07) is 15.9. The second-order valence-corrected chi connectivity index (χ2v) is 7.13. The van der Waals surface area contributed by atoms with E-state index in [1.54, 1.807) is 6.20 Å². The van der Waals surface area contributed by atoms with Crippen LogP contribution in [0.3, 0.4) is 0 Å². The molecule has 0 radical (unpaired) electrons. The number of carbonyl (C=O) groups excluding carboxylic acids is 1. The first-order valence-electron chi connectivity index (χ1n) is 9.89. The zero-order valence-electron chi connectivity index (χ0n) is 16.5. The van der Waals surface area contributed by atoms with Crippen LogP contribution in [0.5, 0.6) is 11.5 Å². The molecule has 3 aromatic rings. The van der Waals surface area contributed by atoms with Gasteiger partial charge in [-0.25, -0.2) is 4.98 Å². The maximum absolute atomic E-state index is 12.7. The van der Waals surface area contributed by atoms with Crippen LogP contribution in [0.2, 0.25) is 0 Å². The molecule has 0 saturated heterocycles. The van der Waals surface area contributed by atoms with Crippen LogP contribution >= 0.6 is 0 Å². The van der Waals surface area contributed by atoms with Crippen molar-refractivity contribution in [3.63, 3.8) is 0 Å². The summed E-state index contributed by atoms with van der Waals surface area (Å²) in [6.45, 7) is 3.64. The molecule has 2 heterocycles. The third kappa shape index (κ3) is 4.77. The van der Waals surface area contributed by atoms with Crippen molar-refractivity contribution in [2.45, 2.75) is 32.4 Å². The van der Waals surface area contributed by atoms with Crippen molar-refractivity contribution in [3.8, 4) is 11.5 Å². The fourth-order valence-electron chi connectivity index (χ4n) is 3.51. The number of aromatic nitrogens is 2. The van der Waals surface area contributed by atoms with Crippen molar-refractivity contribution in [2.75, 3.05) is 13.2 Å². The van der Waals surface area contributed by atoms with Crippen LogP contribution in [0, 0.1) is 6.92 Å². The van der Waals surface area contributed by atoms with E-state index in [4.69, 9.17) is 9.47 Å². The van der Waals surface area contributed by atoms with E-state index in [9.17, 15) is 4.79 Å². The molecule has 1 atom stereocenters. The molecular formula is C23H25N3O3. The predicted octanol–water partition coefficient (Wildman–Crippen LogP) is 3.45. The van der Waals surface area contributed by atoms with Gasteiger partial charge in [0.05, 0.1) is 6.04 Å². The molecule has 0 aliphatic carbocycles. The summed E-state index contributed by atoms with van der Waals surface area (Å²) >= 11 is 0. The second-order valence-electron chi connectivity index (χ2n) is 7.13. The van der Waals surface area contributed by atoms with Crippen molar-refractivity contribution >= 4 is 5.91 Å². The Morgan fingerprint density at radius 3 is 2.69 bits per heavy atom. The number of imidazole rings is 1. The van der Waals surface area contributed by atoms with Gasteiger partial charge in [0.15, 0.2) is 11.5 Å². The van der Waals surface area contributed by atoms with Gasteiger partial charge >= 0.3 is 0 Å². The van der Waals surface area contributed by atoms with Gasteiger partial charge in [0.25, 0.3) is 0 Å². The molecule has 150 valence electrons. The molecule has 29 heavy (non-hydrogen) atoms. The molecule has 2 aromatic carbocycles. The van der Waals surface area contributed by atoms with E-state index in [1.165, 1.54) is 0 Å². The van der Waals surface area contributed by atoms with Crippen LogP contribution in [0.15, 0.2) is 60.9 Å². The molecule has 0 saturated carbocycles. The molecule has 1 aliphatic rings. The van der Waals surface area contributed by atoms with Gasteiger partial charge in [-0.1, -0.05) is 36.4 Å². The Morgan fingerprint density at radius 2 is 1.93 bits per heavy atom. The van der Waals surface area contributed by atoms with E-state index in [0.717, 1.165) is 28.5 Å².